The van der Waals surface area contributed by atoms with Crippen LogP contribution in [0.4, 0.5) is 0 Å². The molecule has 0 saturated carbocycles. The first kappa shape index (κ1) is 19.5. The minimum Gasteiger partial charge on any atom is -0.311 e. The molecule has 0 bridgehead atoms. The maximum Gasteiger partial charge on any atom is 0.281 e. The van der Waals surface area contributed by atoms with Gasteiger partial charge < -0.3 is 4.57 Å². The molecule has 2 aromatic heterocycles. The standard InChI is InChI=1S/C22H18N4O3S/c1-13-19(30-22(23-13)14-8-4-3-5-9-14)21(29)25-24-20(28)16-12-18(27)26(2)17-11-7-6-10-15(16)17/h3-12H,1-2H3,(H,24,28)(H,25,29). The lowest BCUT2D eigenvalue weighted by molar-refractivity contribution is 0.0849. The molecule has 0 aliphatic carbocycles. The Hall–Kier alpha value is -3.78. The molecular weight excluding hydrogens is 400 g/mol. The van der Waals surface area contributed by atoms with Crippen LogP contribution in [0.3, 0.4) is 0 Å². The van der Waals surface area contributed by atoms with Gasteiger partial charge in [-0.1, -0.05) is 48.5 Å². The summed E-state index contributed by atoms with van der Waals surface area (Å²) < 4.78 is 1.47. The minimum atomic E-state index is -0.567. The molecule has 2 N–H and O–H groups in total. The Morgan fingerprint density at radius 2 is 1.63 bits per heavy atom. The smallest absolute Gasteiger partial charge is 0.281 e. The predicted molar refractivity (Wildman–Crippen MR) is 116 cm³/mol. The van der Waals surface area contributed by atoms with Crippen molar-refractivity contribution in [3.8, 4) is 10.6 Å². The van der Waals surface area contributed by atoms with E-state index in [1.807, 2.05) is 30.3 Å². The first-order valence-corrected chi connectivity index (χ1v) is 9.99. The van der Waals surface area contributed by atoms with Crippen LogP contribution in [0.15, 0.2) is 65.5 Å². The topological polar surface area (TPSA) is 93.1 Å². The summed E-state index contributed by atoms with van der Waals surface area (Å²) in [6.07, 6.45) is 0. The van der Waals surface area contributed by atoms with E-state index >= 15 is 0 Å². The number of fused-ring (bicyclic) bond motifs is 1. The fourth-order valence-electron chi connectivity index (χ4n) is 3.15. The first-order valence-electron chi connectivity index (χ1n) is 9.18. The average molecular weight is 418 g/mol. The van der Waals surface area contributed by atoms with Crippen molar-refractivity contribution in [2.45, 2.75) is 6.92 Å². The van der Waals surface area contributed by atoms with Crippen LogP contribution >= 0.6 is 11.3 Å². The van der Waals surface area contributed by atoms with Crippen LogP contribution in [-0.4, -0.2) is 21.4 Å². The number of hydrogen-bond donors (Lipinski definition) is 2. The second-order valence-corrected chi connectivity index (χ2v) is 7.68. The van der Waals surface area contributed by atoms with E-state index in [9.17, 15) is 14.4 Å². The number of aryl methyl sites for hydroxylation is 2. The van der Waals surface area contributed by atoms with Gasteiger partial charge in [0, 0.05) is 24.1 Å². The Bertz CT molecular complexity index is 1330. The zero-order valence-electron chi connectivity index (χ0n) is 16.3. The molecular formula is C22H18N4O3S. The zero-order chi connectivity index (χ0) is 21.3. The number of hydrazine groups is 1. The lowest BCUT2D eigenvalue weighted by Crippen LogP contribution is -2.42. The Morgan fingerprint density at radius 3 is 2.40 bits per heavy atom. The van der Waals surface area contributed by atoms with Crippen LogP contribution < -0.4 is 16.4 Å². The van der Waals surface area contributed by atoms with E-state index < -0.39 is 11.8 Å². The molecule has 30 heavy (non-hydrogen) atoms. The molecule has 0 spiro atoms. The van der Waals surface area contributed by atoms with Gasteiger partial charge in [-0.2, -0.15) is 0 Å². The highest BCUT2D eigenvalue weighted by Gasteiger charge is 2.18. The van der Waals surface area contributed by atoms with Gasteiger partial charge in [-0.15, -0.1) is 11.3 Å². The molecule has 2 heterocycles. The summed E-state index contributed by atoms with van der Waals surface area (Å²) in [6, 6.07) is 17.9. The van der Waals surface area contributed by atoms with Gasteiger partial charge in [0.15, 0.2) is 0 Å². The summed E-state index contributed by atoms with van der Waals surface area (Å²) in [5.74, 6) is -1.03. The number of nitrogens with zero attached hydrogens (tertiary/aromatic N) is 2. The maximum atomic E-state index is 12.7. The molecule has 0 aliphatic rings. The van der Waals surface area contributed by atoms with Crippen molar-refractivity contribution in [3.63, 3.8) is 0 Å². The Labute approximate surface area is 176 Å². The van der Waals surface area contributed by atoms with Gasteiger partial charge in [0.2, 0.25) is 0 Å². The molecule has 0 unspecified atom stereocenters. The van der Waals surface area contributed by atoms with E-state index in [1.54, 1.807) is 38.2 Å². The fraction of sp³-hybridized carbons (Fsp3) is 0.0909. The summed E-state index contributed by atoms with van der Waals surface area (Å²) in [4.78, 5) is 42.3. The molecule has 7 nitrogen and oxygen atoms in total. The van der Waals surface area contributed by atoms with E-state index in [4.69, 9.17) is 0 Å². The molecule has 8 heteroatoms. The van der Waals surface area contributed by atoms with Gasteiger partial charge in [0.05, 0.1) is 16.8 Å². The molecule has 4 rings (SSSR count). The number of carbonyl (C=O) groups is 2. The summed E-state index contributed by atoms with van der Waals surface area (Å²) >= 11 is 1.25. The lowest BCUT2D eigenvalue weighted by atomic mass is 10.1. The minimum absolute atomic E-state index is 0.194. The number of amides is 2. The Balaban J connectivity index is 1.55. The van der Waals surface area contributed by atoms with Gasteiger partial charge in [-0.05, 0) is 13.0 Å². The molecule has 4 aromatic rings. The number of pyridine rings is 1. The molecule has 2 amide bonds. The van der Waals surface area contributed by atoms with Crippen molar-refractivity contribution < 1.29 is 9.59 Å². The van der Waals surface area contributed by atoms with E-state index in [0.717, 1.165) is 10.6 Å². The van der Waals surface area contributed by atoms with Crippen LogP contribution in [-0.2, 0) is 7.05 Å². The lowest BCUT2D eigenvalue weighted by Gasteiger charge is -2.11. The SMILES string of the molecule is Cc1nc(-c2ccccc2)sc1C(=O)NNC(=O)c1cc(=O)n(C)c2ccccc12. The highest BCUT2D eigenvalue weighted by molar-refractivity contribution is 7.17. The second-order valence-electron chi connectivity index (χ2n) is 6.68. The van der Waals surface area contributed by atoms with Crippen molar-refractivity contribution in [2.75, 3.05) is 0 Å². The maximum absolute atomic E-state index is 12.7. The van der Waals surface area contributed by atoms with Gasteiger partial charge in [-0.3, -0.25) is 25.2 Å². The number of para-hydroxylation sites is 1. The highest BCUT2D eigenvalue weighted by Crippen LogP contribution is 2.27. The highest BCUT2D eigenvalue weighted by atomic mass is 32.1. The van der Waals surface area contributed by atoms with E-state index in [-0.39, 0.29) is 11.1 Å². The van der Waals surface area contributed by atoms with Crippen molar-refractivity contribution in [1.29, 1.82) is 0 Å². The van der Waals surface area contributed by atoms with Gasteiger partial charge in [0.1, 0.15) is 9.88 Å². The monoisotopic (exact) mass is 418 g/mol. The molecule has 0 radical (unpaired) electrons. The number of nitrogens with one attached hydrogen (secondary N) is 2. The number of aromatic nitrogens is 2. The zero-order valence-corrected chi connectivity index (χ0v) is 17.1. The van der Waals surface area contributed by atoms with Gasteiger partial charge in [0.25, 0.3) is 17.4 Å². The molecule has 0 aliphatic heterocycles. The van der Waals surface area contributed by atoms with Crippen molar-refractivity contribution >= 4 is 34.1 Å². The summed E-state index contributed by atoms with van der Waals surface area (Å²) in [7, 11) is 1.64. The Kier molecular flexibility index (Phi) is 5.16. The van der Waals surface area contributed by atoms with Crippen LogP contribution in [0, 0.1) is 6.92 Å². The number of thiazole rings is 1. The predicted octanol–water partition coefficient (Wildman–Crippen LogP) is 3.05. The van der Waals surface area contributed by atoms with Crippen LogP contribution in [0.25, 0.3) is 21.5 Å². The van der Waals surface area contributed by atoms with Crippen molar-refractivity contribution in [3.05, 3.63) is 87.2 Å². The third kappa shape index (κ3) is 3.60. The number of carbonyl (C=O) groups excluding carboxylic acids is 2. The summed E-state index contributed by atoms with van der Waals surface area (Å²) in [6.45, 7) is 1.74. The van der Waals surface area contributed by atoms with E-state index in [0.29, 0.717) is 21.5 Å². The summed E-state index contributed by atoms with van der Waals surface area (Å²) in [5, 5.41) is 1.34. The third-order valence-electron chi connectivity index (χ3n) is 4.71. The quantitative estimate of drug-likeness (QED) is 0.500. The Morgan fingerprint density at radius 1 is 0.967 bits per heavy atom. The largest absolute Gasteiger partial charge is 0.311 e. The van der Waals surface area contributed by atoms with Crippen molar-refractivity contribution in [2.24, 2.45) is 7.05 Å². The molecule has 150 valence electrons. The van der Waals surface area contributed by atoms with E-state index in [2.05, 4.69) is 15.8 Å². The van der Waals surface area contributed by atoms with E-state index in [1.165, 1.54) is 22.0 Å². The summed E-state index contributed by atoms with van der Waals surface area (Å²) in [5.41, 5.74) is 6.84. The van der Waals surface area contributed by atoms with Gasteiger partial charge >= 0.3 is 0 Å². The fourth-order valence-corrected chi connectivity index (χ4v) is 4.11. The first-order chi connectivity index (χ1) is 14.5. The molecule has 2 aromatic carbocycles. The molecule has 0 fully saturated rings. The number of hydrogen-bond acceptors (Lipinski definition) is 5. The number of rotatable bonds is 3. The van der Waals surface area contributed by atoms with Crippen LogP contribution in [0.2, 0.25) is 0 Å². The van der Waals surface area contributed by atoms with Gasteiger partial charge in [-0.25, -0.2) is 4.98 Å². The van der Waals surface area contributed by atoms with Crippen LogP contribution in [0.5, 0.6) is 0 Å². The molecule has 0 atom stereocenters. The third-order valence-corrected chi connectivity index (χ3v) is 5.92. The van der Waals surface area contributed by atoms with Crippen molar-refractivity contribution in [1.82, 2.24) is 20.4 Å². The second kappa shape index (κ2) is 7.92. The van der Waals surface area contributed by atoms with Crippen LogP contribution in [0.1, 0.15) is 25.7 Å². The molecule has 0 saturated heterocycles. The normalized spacial score (nSPS) is 10.7. The average Bonchev–Trinajstić information content (AvgIpc) is 3.16. The number of benzene rings is 2.